The Morgan fingerprint density at radius 1 is 1.03 bits per heavy atom. The third-order valence-corrected chi connectivity index (χ3v) is 5.24. The number of hydrogen-bond acceptors (Lipinski definition) is 6. The zero-order chi connectivity index (χ0) is 24.8. The molecule has 1 heterocycles. The van der Waals surface area contributed by atoms with Gasteiger partial charge in [0.05, 0.1) is 10.6 Å². The second-order valence-corrected chi connectivity index (χ2v) is 7.83. The van der Waals surface area contributed by atoms with Crippen LogP contribution >= 0.6 is 11.6 Å². The molecular weight excluding hydrogens is 470 g/mol. The standard InChI is InChI=1S/C26H18ClN3O5/c27-21-6-4-5-19(15-21)26-20(16-29(28-26)22-7-2-1-3-8-22)11-14-25(32)35-17-24(31)18-9-12-23(13-10-18)30(33)34/h1-16H,17H2. The average molecular weight is 488 g/mol. The van der Waals surface area contributed by atoms with Gasteiger partial charge in [0.2, 0.25) is 0 Å². The summed E-state index contributed by atoms with van der Waals surface area (Å²) in [6.07, 6.45) is 4.54. The molecular formula is C26H18ClN3O5. The number of aromatic nitrogens is 2. The Morgan fingerprint density at radius 2 is 1.77 bits per heavy atom. The number of carbonyl (C=O) groups excluding carboxylic acids is 2. The van der Waals surface area contributed by atoms with Crippen molar-refractivity contribution in [1.29, 1.82) is 0 Å². The molecule has 9 heteroatoms. The van der Waals surface area contributed by atoms with E-state index in [-0.39, 0.29) is 11.3 Å². The fourth-order valence-corrected chi connectivity index (χ4v) is 3.47. The highest BCUT2D eigenvalue weighted by Gasteiger charge is 2.13. The maximum Gasteiger partial charge on any atom is 0.331 e. The molecule has 0 radical (unpaired) electrons. The van der Waals surface area contributed by atoms with Crippen LogP contribution in [0.25, 0.3) is 23.0 Å². The number of esters is 1. The number of rotatable bonds is 8. The molecule has 4 aromatic rings. The van der Waals surface area contributed by atoms with Gasteiger partial charge in [0.1, 0.15) is 5.69 Å². The summed E-state index contributed by atoms with van der Waals surface area (Å²) in [5.41, 5.74) is 2.95. The Balaban J connectivity index is 1.50. The van der Waals surface area contributed by atoms with Crippen LogP contribution in [0.2, 0.25) is 5.02 Å². The molecule has 3 aromatic carbocycles. The van der Waals surface area contributed by atoms with Crippen LogP contribution in [0, 0.1) is 10.1 Å². The van der Waals surface area contributed by atoms with Crippen molar-refractivity contribution >= 4 is 35.1 Å². The summed E-state index contributed by atoms with van der Waals surface area (Å²) in [6, 6.07) is 21.8. The molecule has 8 nitrogen and oxygen atoms in total. The number of ketones is 1. The molecule has 174 valence electrons. The third-order valence-electron chi connectivity index (χ3n) is 5.01. The van der Waals surface area contributed by atoms with Gasteiger partial charge in [-0.2, -0.15) is 5.10 Å². The van der Waals surface area contributed by atoms with Crippen molar-refractivity contribution in [2.24, 2.45) is 0 Å². The van der Waals surface area contributed by atoms with Crippen molar-refractivity contribution in [2.75, 3.05) is 6.61 Å². The van der Waals surface area contributed by atoms with E-state index in [1.807, 2.05) is 42.5 Å². The number of nitro benzene ring substituents is 1. The lowest BCUT2D eigenvalue weighted by atomic mass is 10.1. The summed E-state index contributed by atoms with van der Waals surface area (Å²) in [5.74, 6) is -1.19. The Hall–Kier alpha value is -4.56. The zero-order valence-corrected chi connectivity index (χ0v) is 19.0. The number of nitrogens with zero attached hydrogens (tertiary/aromatic N) is 3. The van der Waals surface area contributed by atoms with Gasteiger partial charge in [-0.15, -0.1) is 0 Å². The first-order valence-electron chi connectivity index (χ1n) is 10.4. The van der Waals surface area contributed by atoms with E-state index in [0.717, 1.165) is 11.3 Å². The second kappa shape index (κ2) is 10.6. The van der Waals surface area contributed by atoms with E-state index in [1.165, 1.54) is 30.3 Å². The molecule has 1 aromatic heterocycles. The van der Waals surface area contributed by atoms with E-state index in [1.54, 1.807) is 29.1 Å². The summed E-state index contributed by atoms with van der Waals surface area (Å²) >= 11 is 6.15. The number of Topliss-reactive ketones (excluding diaryl/α,β-unsaturated/α-hetero) is 1. The molecule has 35 heavy (non-hydrogen) atoms. The molecule has 0 bridgehead atoms. The highest BCUT2D eigenvalue weighted by atomic mass is 35.5. The van der Waals surface area contributed by atoms with Gasteiger partial charge in [-0.25, -0.2) is 9.48 Å². The second-order valence-electron chi connectivity index (χ2n) is 7.39. The topological polar surface area (TPSA) is 104 Å². The first-order valence-corrected chi connectivity index (χ1v) is 10.8. The van der Waals surface area contributed by atoms with Crippen LogP contribution in [0.3, 0.4) is 0 Å². The Morgan fingerprint density at radius 3 is 2.46 bits per heavy atom. The maximum absolute atomic E-state index is 12.3. The third kappa shape index (κ3) is 5.87. The quantitative estimate of drug-likeness (QED) is 0.106. The molecule has 0 saturated heterocycles. The van der Waals surface area contributed by atoms with E-state index in [2.05, 4.69) is 5.10 Å². The summed E-state index contributed by atoms with van der Waals surface area (Å²) in [4.78, 5) is 34.7. The monoisotopic (exact) mass is 487 g/mol. The van der Waals surface area contributed by atoms with Crippen LogP contribution < -0.4 is 0 Å². The number of benzene rings is 3. The van der Waals surface area contributed by atoms with E-state index >= 15 is 0 Å². The van der Waals surface area contributed by atoms with Gasteiger partial charge < -0.3 is 4.74 Å². The predicted molar refractivity (Wildman–Crippen MR) is 131 cm³/mol. The molecule has 0 unspecified atom stereocenters. The largest absolute Gasteiger partial charge is 0.454 e. The van der Waals surface area contributed by atoms with Crippen LogP contribution in [-0.4, -0.2) is 33.1 Å². The predicted octanol–water partition coefficient (Wildman–Crippen LogP) is 5.54. The van der Waals surface area contributed by atoms with Crippen molar-refractivity contribution < 1.29 is 19.2 Å². The lowest BCUT2D eigenvalue weighted by Crippen LogP contribution is -2.12. The van der Waals surface area contributed by atoms with E-state index < -0.39 is 23.3 Å². The van der Waals surface area contributed by atoms with Gasteiger partial charge in [-0.3, -0.25) is 14.9 Å². The summed E-state index contributed by atoms with van der Waals surface area (Å²) < 4.78 is 6.75. The Bertz CT molecular complexity index is 1410. The number of nitro groups is 1. The fraction of sp³-hybridized carbons (Fsp3) is 0.0385. The van der Waals surface area contributed by atoms with Crippen LogP contribution in [0.15, 0.2) is 91.1 Å². The molecule has 0 saturated carbocycles. The highest BCUT2D eigenvalue weighted by molar-refractivity contribution is 6.30. The zero-order valence-electron chi connectivity index (χ0n) is 18.2. The Labute approximate surface area is 205 Å². The number of para-hydroxylation sites is 1. The van der Waals surface area contributed by atoms with Gasteiger partial charge in [-0.1, -0.05) is 41.9 Å². The Kier molecular flexibility index (Phi) is 7.13. The summed E-state index contributed by atoms with van der Waals surface area (Å²) in [6.45, 7) is -0.495. The van der Waals surface area contributed by atoms with Crippen LogP contribution in [0.1, 0.15) is 15.9 Å². The van der Waals surface area contributed by atoms with Gasteiger partial charge in [0.25, 0.3) is 5.69 Å². The maximum atomic E-state index is 12.3. The normalized spacial score (nSPS) is 10.9. The van der Waals surface area contributed by atoms with Gasteiger partial charge in [-0.05, 0) is 42.5 Å². The summed E-state index contributed by atoms with van der Waals surface area (Å²) in [7, 11) is 0. The smallest absolute Gasteiger partial charge is 0.331 e. The van der Waals surface area contributed by atoms with Crippen LogP contribution in [0.5, 0.6) is 0 Å². The van der Waals surface area contributed by atoms with E-state index in [0.29, 0.717) is 16.3 Å². The average Bonchev–Trinajstić information content (AvgIpc) is 3.31. The van der Waals surface area contributed by atoms with Crippen molar-refractivity contribution in [3.63, 3.8) is 0 Å². The van der Waals surface area contributed by atoms with Crippen molar-refractivity contribution in [1.82, 2.24) is 9.78 Å². The summed E-state index contributed by atoms with van der Waals surface area (Å²) in [5, 5.41) is 15.9. The molecule has 4 rings (SSSR count). The molecule has 0 amide bonds. The minimum absolute atomic E-state index is 0.131. The lowest BCUT2D eigenvalue weighted by Gasteiger charge is -2.02. The minimum Gasteiger partial charge on any atom is -0.454 e. The van der Waals surface area contributed by atoms with Crippen molar-refractivity contribution in [2.45, 2.75) is 0 Å². The first-order chi connectivity index (χ1) is 16.9. The molecule has 0 aliphatic rings. The fourth-order valence-electron chi connectivity index (χ4n) is 3.28. The number of ether oxygens (including phenoxy) is 1. The van der Waals surface area contributed by atoms with Crippen LogP contribution in [0.4, 0.5) is 5.69 Å². The molecule has 0 atom stereocenters. The molecule has 0 spiro atoms. The van der Waals surface area contributed by atoms with Crippen LogP contribution in [-0.2, 0) is 9.53 Å². The SMILES string of the molecule is O=C(C=Cc1cn(-c2ccccc2)nc1-c1cccc(Cl)c1)OCC(=O)c1ccc([N+](=O)[O-])cc1. The lowest BCUT2D eigenvalue weighted by molar-refractivity contribution is -0.384. The van der Waals surface area contributed by atoms with Gasteiger partial charge >= 0.3 is 5.97 Å². The molecule has 0 N–H and O–H groups in total. The van der Waals surface area contributed by atoms with E-state index in [4.69, 9.17) is 16.3 Å². The van der Waals surface area contributed by atoms with Crippen molar-refractivity contribution in [3.8, 4) is 16.9 Å². The molecule has 0 aliphatic carbocycles. The van der Waals surface area contributed by atoms with Gasteiger partial charge in [0, 0.05) is 46.1 Å². The number of non-ortho nitro benzene ring substituents is 1. The highest BCUT2D eigenvalue weighted by Crippen LogP contribution is 2.27. The van der Waals surface area contributed by atoms with Gasteiger partial charge in [0.15, 0.2) is 12.4 Å². The van der Waals surface area contributed by atoms with E-state index in [9.17, 15) is 19.7 Å². The minimum atomic E-state index is -0.718. The molecule has 0 aliphatic heterocycles. The first kappa shape index (κ1) is 23.6. The number of hydrogen-bond donors (Lipinski definition) is 0. The van der Waals surface area contributed by atoms with Crippen molar-refractivity contribution in [3.05, 3.63) is 117 Å². The number of carbonyl (C=O) groups is 2. The number of halogens is 1. The molecule has 0 fully saturated rings.